The van der Waals surface area contributed by atoms with E-state index in [9.17, 15) is 4.79 Å². The van der Waals surface area contributed by atoms with Crippen molar-refractivity contribution in [3.05, 3.63) is 35.9 Å². The smallest absolute Gasteiger partial charge is 0.220 e. The largest absolute Gasteiger partial charge is 0.354 e. The van der Waals surface area contributed by atoms with Crippen molar-refractivity contribution in [1.29, 1.82) is 0 Å². The number of amides is 1. The van der Waals surface area contributed by atoms with E-state index in [1.165, 1.54) is 18.4 Å². The van der Waals surface area contributed by atoms with Gasteiger partial charge in [-0.3, -0.25) is 4.79 Å². The minimum Gasteiger partial charge on any atom is -0.354 e. The summed E-state index contributed by atoms with van der Waals surface area (Å²) < 4.78 is 0. The van der Waals surface area contributed by atoms with Gasteiger partial charge in [0.15, 0.2) is 0 Å². The summed E-state index contributed by atoms with van der Waals surface area (Å²) in [4.78, 5) is 14.4. The molecule has 1 fully saturated rings. The van der Waals surface area contributed by atoms with E-state index < -0.39 is 0 Å². The van der Waals surface area contributed by atoms with E-state index in [1.807, 2.05) is 32.3 Å². The Balaban J connectivity index is 0.00000264. The number of carbonyl (C=O) groups excluding carboxylic acids is 1. The molecule has 1 aromatic rings. The Morgan fingerprint density at radius 2 is 1.83 bits per heavy atom. The van der Waals surface area contributed by atoms with Crippen LogP contribution in [0.1, 0.15) is 43.7 Å². The predicted octanol–water partition coefficient (Wildman–Crippen LogP) is 3.16. The summed E-state index contributed by atoms with van der Waals surface area (Å²) in [5.41, 5.74) is 7.36. The Kier molecular flexibility index (Phi) is 11.3. The van der Waals surface area contributed by atoms with E-state index in [1.54, 1.807) is 0 Å². The number of hydrogen-bond acceptors (Lipinski definition) is 3. The van der Waals surface area contributed by atoms with Gasteiger partial charge in [-0.2, -0.15) is 0 Å². The van der Waals surface area contributed by atoms with Gasteiger partial charge in [-0.05, 0) is 38.4 Å². The highest BCUT2D eigenvalue weighted by molar-refractivity contribution is 5.85. The zero-order valence-electron chi connectivity index (χ0n) is 14.6. The molecule has 138 valence electrons. The second-order valence-electron chi connectivity index (χ2n) is 6.61. The highest BCUT2D eigenvalue weighted by Crippen LogP contribution is 2.25. The van der Waals surface area contributed by atoms with E-state index in [2.05, 4.69) is 22.3 Å². The maximum Gasteiger partial charge on any atom is 0.220 e. The molecule has 0 aromatic heterocycles. The maximum absolute atomic E-state index is 12.2. The van der Waals surface area contributed by atoms with Gasteiger partial charge in [-0.15, -0.1) is 24.8 Å². The summed E-state index contributed by atoms with van der Waals surface area (Å²) in [7, 11) is 4.09. The highest BCUT2D eigenvalue weighted by Gasteiger charge is 2.24. The summed E-state index contributed by atoms with van der Waals surface area (Å²) in [5.74, 6) is 0.480. The lowest BCUT2D eigenvalue weighted by Crippen LogP contribution is -2.39. The average molecular weight is 376 g/mol. The number of nitrogens with two attached hydrogens (primary N) is 1. The molecule has 1 saturated carbocycles. The van der Waals surface area contributed by atoms with Crippen molar-refractivity contribution in [2.24, 2.45) is 11.7 Å². The first kappa shape index (κ1) is 23.2. The van der Waals surface area contributed by atoms with Crippen molar-refractivity contribution in [2.45, 2.75) is 44.2 Å². The standard InChI is InChI=1S/C18H29N3O.2ClH/c1-21(2)17(14-8-4-3-5-9-14)13-20-18(22)12-15-10-6-7-11-16(15)19;;/h3-5,8-9,15-17H,6-7,10-13,19H2,1-2H3,(H,20,22);2*1H. The van der Waals surface area contributed by atoms with Crippen LogP contribution >= 0.6 is 24.8 Å². The van der Waals surface area contributed by atoms with Crippen LogP contribution in [0.15, 0.2) is 30.3 Å². The number of rotatable bonds is 6. The zero-order valence-corrected chi connectivity index (χ0v) is 16.2. The van der Waals surface area contributed by atoms with Crippen LogP contribution < -0.4 is 11.1 Å². The number of nitrogens with one attached hydrogen (secondary N) is 1. The number of nitrogens with zero attached hydrogens (tertiary/aromatic N) is 1. The van der Waals surface area contributed by atoms with Gasteiger partial charge >= 0.3 is 0 Å². The first-order chi connectivity index (χ1) is 10.6. The molecule has 0 radical (unpaired) electrons. The number of halogens is 2. The summed E-state index contributed by atoms with van der Waals surface area (Å²) >= 11 is 0. The molecule has 1 amide bonds. The Hall–Kier alpha value is -0.810. The van der Waals surface area contributed by atoms with Crippen LogP contribution in [0.4, 0.5) is 0 Å². The van der Waals surface area contributed by atoms with Crippen LogP contribution in [0.3, 0.4) is 0 Å². The SMILES string of the molecule is CN(C)C(CNC(=O)CC1CCCCC1N)c1ccccc1.Cl.Cl. The Labute approximate surface area is 158 Å². The molecule has 3 atom stereocenters. The number of carbonyl (C=O) groups is 1. The molecule has 1 aliphatic carbocycles. The highest BCUT2D eigenvalue weighted by atomic mass is 35.5. The summed E-state index contributed by atoms with van der Waals surface area (Å²) in [6.45, 7) is 0.637. The third-order valence-electron chi connectivity index (χ3n) is 4.72. The molecule has 4 nitrogen and oxygen atoms in total. The Morgan fingerprint density at radius 1 is 1.21 bits per heavy atom. The quantitative estimate of drug-likeness (QED) is 0.802. The van der Waals surface area contributed by atoms with Crippen LogP contribution in [-0.4, -0.2) is 37.5 Å². The van der Waals surface area contributed by atoms with Gasteiger partial charge in [0.2, 0.25) is 5.91 Å². The average Bonchev–Trinajstić information content (AvgIpc) is 2.50. The van der Waals surface area contributed by atoms with Crippen LogP contribution in [0.5, 0.6) is 0 Å². The van der Waals surface area contributed by atoms with Crippen molar-refractivity contribution in [2.75, 3.05) is 20.6 Å². The minimum absolute atomic E-state index is 0. The molecule has 24 heavy (non-hydrogen) atoms. The molecule has 1 aliphatic rings. The van der Waals surface area contributed by atoms with E-state index in [0.29, 0.717) is 18.9 Å². The van der Waals surface area contributed by atoms with Crippen molar-refractivity contribution >= 4 is 30.7 Å². The van der Waals surface area contributed by atoms with Gasteiger partial charge in [-0.25, -0.2) is 0 Å². The lowest BCUT2D eigenvalue weighted by Gasteiger charge is -2.29. The van der Waals surface area contributed by atoms with E-state index >= 15 is 0 Å². The lowest BCUT2D eigenvalue weighted by atomic mass is 9.83. The van der Waals surface area contributed by atoms with Crippen LogP contribution in [-0.2, 0) is 4.79 Å². The molecular formula is C18H31Cl2N3O. The number of likely N-dealkylation sites (N-methyl/N-ethyl adjacent to an activating group) is 1. The lowest BCUT2D eigenvalue weighted by molar-refractivity contribution is -0.122. The van der Waals surface area contributed by atoms with E-state index in [0.717, 1.165) is 12.8 Å². The second kappa shape index (κ2) is 11.7. The molecule has 3 unspecified atom stereocenters. The van der Waals surface area contributed by atoms with Crippen molar-refractivity contribution < 1.29 is 4.79 Å². The first-order valence-corrected chi connectivity index (χ1v) is 8.31. The summed E-state index contributed by atoms with van der Waals surface area (Å²) in [6, 6.07) is 10.7. The topological polar surface area (TPSA) is 58.4 Å². The van der Waals surface area contributed by atoms with Gasteiger partial charge in [0.05, 0.1) is 6.04 Å². The molecule has 0 saturated heterocycles. The molecular weight excluding hydrogens is 345 g/mol. The van der Waals surface area contributed by atoms with Gasteiger partial charge in [0, 0.05) is 19.0 Å². The second-order valence-corrected chi connectivity index (χ2v) is 6.61. The number of hydrogen-bond donors (Lipinski definition) is 2. The molecule has 3 N–H and O–H groups in total. The van der Waals surface area contributed by atoms with Gasteiger partial charge < -0.3 is 16.0 Å². The number of benzene rings is 1. The summed E-state index contributed by atoms with van der Waals surface area (Å²) in [5, 5.41) is 3.09. The fraction of sp³-hybridized carbons (Fsp3) is 0.611. The molecule has 0 bridgehead atoms. The third kappa shape index (κ3) is 6.98. The monoisotopic (exact) mass is 375 g/mol. The normalized spacial score (nSPS) is 21.3. The van der Waals surface area contributed by atoms with E-state index in [4.69, 9.17) is 5.73 Å². The fourth-order valence-corrected chi connectivity index (χ4v) is 3.28. The first-order valence-electron chi connectivity index (χ1n) is 8.31. The molecule has 1 aromatic carbocycles. The van der Waals surface area contributed by atoms with Crippen molar-refractivity contribution in [3.63, 3.8) is 0 Å². The predicted molar refractivity (Wildman–Crippen MR) is 105 cm³/mol. The molecule has 0 heterocycles. The van der Waals surface area contributed by atoms with Gasteiger partial charge in [-0.1, -0.05) is 43.2 Å². The van der Waals surface area contributed by atoms with Crippen LogP contribution in [0.2, 0.25) is 0 Å². The Morgan fingerprint density at radius 3 is 2.42 bits per heavy atom. The van der Waals surface area contributed by atoms with Crippen molar-refractivity contribution in [3.8, 4) is 0 Å². The zero-order chi connectivity index (χ0) is 15.9. The van der Waals surface area contributed by atoms with Crippen LogP contribution in [0.25, 0.3) is 0 Å². The van der Waals surface area contributed by atoms with E-state index in [-0.39, 0.29) is 42.8 Å². The summed E-state index contributed by atoms with van der Waals surface area (Å²) in [6.07, 6.45) is 5.12. The van der Waals surface area contributed by atoms with Crippen molar-refractivity contribution in [1.82, 2.24) is 10.2 Å². The molecule has 0 spiro atoms. The molecule has 0 aliphatic heterocycles. The maximum atomic E-state index is 12.2. The van der Waals surface area contributed by atoms with Crippen LogP contribution in [0, 0.1) is 5.92 Å². The van der Waals surface area contributed by atoms with Gasteiger partial charge in [0.1, 0.15) is 0 Å². The molecule has 6 heteroatoms. The van der Waals surface area contributed by atoms with Gasteiger partial charge in [0.25, 0.3) is 0 Å². The fourth-order valence-electron chi connectivity index (χ4n) is 3.28. The Bertz CT molecular complexity index is 471. The minimum atomic E-state index is 0. The molecule has 2 rings (SSSR count). The third-order valence-corrected chi connectivity index (χ3v) is 4.72.